The Morgan fingerprint density at radius 2 is 2.21 bits per heavy atom. The highest BCUT2D eigenvalue weighted by molar-refractivity contribution is 7.91. The Morgan fingerprint density at radius 1 is 1.47 bits per heavy atom. The molecule has 0 radical (unpaired) electrons. The first kappa shape index (κ1) is 13.9. The molecule has 1 unspecified atom stereocenters. The fraction of sp³-hybridized carbons (Fsp3) is 0.462. The van der Waals surface area contributed by atoms with Gasteiger partial charge in [0.2, 0.25) is 0 Å². The van der Waals surface area contributed by atoms with Crippen LogP contribution < -0.4 is 5.32 Å². The van der Waals surface area contributed by atoms with Gasteiger partial charge < -0.3 is 10.4 Å². The largest absolute Gasteiger partial charge is 0.478 e. The first-order valence-electron chi connectivity index (χ1n) is 6.15. The number of carbonyl (C=O) groups is 1. The van der Waals surface area contributed by atoms with E-state index in [1.165, 1.54) is 0 Å². The standard InChI is InChI=1S/C13H17NO4S/c1-9-6-11(13(15)16)2-3-12(9)14-7-10-4-5-19(17,18)8-10/h2-3,6,10,14H,4-5,7-8H2,1H3,(H,15,16). The third-order valence-corrected chi connectivity index (χ3v) is 5.22. The zero-order valence-electron chi connectivity index (χ0n) is 10.7. The Bertz CT molecular complexity index is 595. The zero-order chi connectivity index (χ0) is 14.0. The van der Waals surface area contributed by atoms with E-state index in [-0.39, 0.29) is 23.0 Å². The number of carboxylic acid groups (broad SMARTS) is 1. The van der Waals surface area contributed by atoms with E-state index in [1.54, 1.807) is 18.2 Å². The van der Waals surface area contributed by atoms with Gasteiger partial charge in [0.25, 0.3) is 0 Å². The minimum absolute atomic E-state index is 0.142. The van der Waals surface area contributed by atoms with Crippen LogP contribution in [0, 0.1) is 12.8 Å². The maximum Gasteiger partial charge on any atom is 0.335 e. The molecule has 1 fully saturated rings. The summed E-state index contributed by atoms with van der Waals surface area (Å²) < 4.78 is 22.7. The van der Waals surface area contributed by atoms with Crippen molar-refractivity contribution in [2.24, 2.45) is 5.92 Å². The SMILES string of the molecule is Cc1cc(C(=O)O)ccc1NCC1CCS(=O)(=O)C1. The lowest BCUT2D eigenvalue weighted by atomic mass is 10.1. The lowest BCUT2D eigenvalue weighted by molar-refractivity contribution is 0.0697. The van der Waals surface area contributed by atoms with E-state index in [2.05, 4.69) is 5.32 Å². The zero-order valence-corrected chi connectivity index (χ0v) is 11.5. The number of nitrogens with one attached hydrogen (secondary N) is 1. The Balaban J connectivity index is 1.99. The van der Waals surface area contributed by atoms with E-state index in [4.69, 9.17) is 5.11 Å². The third kappa shape index (κ3) is 3.47. The summed E-state index contributed by atoms with van der Waals surface area (Å²) in [5.74, 6) is -0.289. The molecule has 19 heavy (non-hydrogen) atoms. The van der Waals surface area contributed by atoms with Crippen molar-refractivity contribution in [3.8, 4) is 0 Å². The highest BCUT2D eigenvalue weighted by Gasteiger charge is 2.27. The fourth-order valence-electron chi connectivity index (χ4n) is 2.28. The monoisotopic (exact) mass is 283 g/mol. The van der Waals surface area contributed by atoms with Crippen molar-refractivity contribution in [3.63, 3.8) is 0 Å². The smallest absolute Gasteiger partial charge is 0.335 e. The maximum absolute atomic E-state index is 11.3. The van der Waals surface area contributed by atoms with Crippen molar-refractivity contribution in [3.05, 3.63) is 29.3 Å². The van der Waals surface area contributed by atoms with Gasteiger partial charge >= 0.3 is 5.97 Å². The Labute approximate surface area is 112 Å². The molecule has 0 aliphatic carbocycles. The van der Waals surface area contributed by atoms with E-state index >= 15 is 0 Å². The molecule has 2 N–H and O–H groups in total. The average molecular weight is 283 g/mol. The van der Waals surface area contributed by atoms with Gasteiger partial charge in [0, 0.05) is 12.2 Å². The summed E-state index contributed by atoms with van der Waals surface area (Å²) in [7, 11) is -2.85. The molecule has 1 atom stereocenters. The van der Waals surface area contributed by atoms with Crippen LogP contribution in [-0.4, -0.2) is 37.5 Å². The number of rotatable bonds is 4. The van der Waals surface area contributed by atoms with E-state index in [0.717, 1.165) is 11.3 Å². The number of carboxylic acids is 1. The first-order chi connectivity index (χ1) is 8.87. The minimum Gasteiger partial charge on any atom is -0.478 e. The summed E-state index contributed by atoms with van der Waals surface area (Å²) in [6, 6.07) is 4.88. The second-order valence-electron chi connectivity index (χ2n) is 4.98. The van der Waals surface area contributed by atoms with E-state index in [9.17, 15) is 13.2 Å². The molecule has 1 heterocycles. The molecule has 1 aliphatic rings. The van der Waals surface area contributed by atoms with Crippen LogP contribution in [0.25, 0.3) is 0 Å². The predicted octanol–water partition coefficient (Wildman–Crippen LogP) is 1.54. The van der Waals surface area contributed by atoms with Crippen LogP contribution in [0.2, 0.25) is 0 Å². The molecule has 0 bridgehead atoms. The average Bonchev–Trinajstić information content (AvgIpc) is 2.67. The van der Waals surface area contributed by atoms with Crippen LogP contribution in [0.4, 0.5) is 5.69 Å². The number of hydrogen-bond acceptors (Lipinski definition) is 4. The highest BCUT2D eigenvalue weighted by atomic mass is 32.2. The number of aromatic carboxylic acids is 1. The van der Waals surface area contributed by atoms with E-state index in [0.29, 0.717) is 13.0 Å². The third-order valence-electron chi connectivity index (χ3n) is 3.38. The molecule has 104 valence electrons. The fourth-order valence-corrected chi connectivity index (χ4v) is 4.14. The summed E-state index contributed by atoms with van der Waals surface area (Å²) in [5.41, 5.74) is 1.96. The second-order valence-corrected chi connectivity index (χ2v) is 7.21. The van der Waals surface area contributed by atoms with Crippen LogP contribution in [0.5, 0.6) is 0 Å². The van der Waals surface area contributed by atoms with Crippen molar-refractivity contribution in [2.75, 3.05) is 23.4 Å². The van der Waals surface area contributed by atoms with Crippen LogP contribution >= 0.6 is 0 Å². The number of aryl methyl sites for hydroxylation is 1. The summed E-state index contributed by atoms with van der Waals surface area (Å²) in [4.78, 5) is 10.8. The van der Waals surface area contributed by atoms with Crippen molar-refractivity contribution >= 4 is 21.5 Å². The molecule has 0 spiro atoms. The summed E-state index contributed by atoms with van der Waals surface area (Å²) in [6.45, 7) is 2.44. The topological polar surface area (TPSA) is 83.5 Å². The van der Waals surface area contributed by atoms with Crippen LogP contribution in [0.3, 0.4) is 0 Å². The number of hydrogen-bond donors (Lipinski definition) is 2. The van der Waals surface area contributed by atoms with Gasteiger partial charge in [-0.25, -0.2) is 13.2 Å². The van der Waals surface area contributed by atoms with Crippen molar-refractivity contribution < 1.29 is 18.3 Å². The van der Waals surface area contributed by atoms with Gasteiger partial charge in [0.15, 0.2) is 9.84 Å². The molecule has 5 nitrogen and oxygen atoms in total. The van der Waals surface area contributed by atoms with Crippen molar-refractivity contribution in [2.45, 2.75) is 13.3 Å². The minimum atomic E-state index is -2.85. The molecular weight excluding hydrogens is 266 g/mol. The van der Waals surface area contributed by atoms with Crippen LogP contribution in [0.15, 0.2) is 18.2 Å². The normalized spacial score (nSPS) is 21.2. The molecule has 0 saturated carbocycles. The summed E-state index contributed by atoms with van der Waals surface area (Å²) in [5, 5.41) is 12.1. The Morgan fingerprint density at radius 3 is 2.74 bits per heavy atom. The van der Waals surface area contributed by atoms with Gasteiger partial charge in [-0.15, -0.1) is 0 Å². The lowest BCUT2D eigenvalue weighted by Crippen LogP contribution is -2.16. The van der Waals surface area contributed by atoms with E-state index in [1.807, 2.05) is 6.92 Å². The molecular formula is C13H17NO4S. The number of sulfone groups is 1. The van der Waals surface area contributed by atoms with Crippen LogP contribution in [0.1, 0.15) is 22.3 Å². The first-order valence-corrected chi connectivity index (χ1v) is 7.98. The Kier molecular flexibility index (Phi) is 3.80. The number of anilines is 1. The van der Waals surface area contributed by atoms with Crippen molar-refractivity contribution in [1.29, 1.82) is 0 Å². The highest BCUT2D eigenvalue weighted by Crippen LogP contribution is 2.21. The molecule has 0 aromatic heterocycles. The maximum atomic E-state index is 11.3. The molecule has 1 saturated heterocycles. The molecule has 0 amide bonds. The summed E-state index contributed by atoms with van der Waals surface area (Å²) in [6.07, 6.45) is 0.696. The summed E-state index contributed by atoms with van der Waals surface area (Å²) >= 11 is 0. The van der Waals surface area contributed by atoms with Gasteiger partial charge in [-0.3, -0.25) is 0 Å². The quantitative estimate of drug-likeness (QED) is 0.875. The van der Waals surface area contributed by atoms with Gasteiger partial charge in [-0.1, -0.05) is 0 Å². The van der Waals surface area contributed by atoms with Gasteiger partial charge in [-0.05, 0) is 43.0 Å². The van der Waals surface area contributed by atoms with Gasteiger partial charge in [0.05, 0.1) is 17.1 Å². The predicted molar refractivity (Wildman–Crippen MR) is 73.4 cm³/mol. The van der Waals surface area contributed by atoms with Crippen LogP contribution in [-0.2, 0) is 9.84 Å². The van der Waals surface area contributed by atoms with Gasteiger partial charge in [-0.2, -0.15) is 0 Å². The lowest BCUT2D eigenvalue weighted by Gasteiger charge is -2.13. The molecule has 1 aliphatic heterocycles. The van der Waals surface area contributed by atoms with Gasteiger partial charge in [0.1, 0.15) is 0 Å². The second kappa shape index (κ2) is 5.21. The molecule has 6 heteroatoms. The number of benzene rings is 1. The Hall–Kier alpha value is -1.56. The molecule has 1 aromatic rings. The van der Waals surface area contributed by atoms with Crippen molar-refractivity contribution in [1.82, 2.24) is 0 Å². The molecule has 1 aromatic carbocycles. The molecule has 2 rings (SSSR count). The van der Waals surface area contributed by atoms with E-state index < -0.39 is 15.8 Å².